The van der Waals surface area contributed by atoms with Gasteiger partial charge in [0, 0.05) is 18.2 Å². The van der Waals surface area contributed by atoms with Crippen molar-refractivity contribution >= 4 is 12.0 Å². The third-order valence-corrected chi connectivity index (χ3v) is 3.19. The molecule has 0 bridgehead atoms. The SMILES string of the molecule is CC(C)N(CC1CC1)c1ccc(C=O)cc1F. The van der Waals surface area contributed by atoms with Crippen molar-refractivity contribution in [3.8, 4) is 0 Å². The van der Waals surface area contributed by atoms with E-state index in [2.05, 4.69) is 18.7 Å². The van der Waals surface area contributed by atoms with Gasteiger partial charge in [0.05, 0.1) is 5.69 Å². The summed E-state index contributed by atoms with van der Waals surface area (Å²) in [6.45, 7) is 5.04. The fraction of sp³-hybridized carbons (Fsp3) is 0.500. The monoisotopic (exact) mass is 235 g/mol. The highest BCUT2D eigenvalue weighted by Crippen LogP contribution is 2.33. The van der Waals surface area contributed by atoms with E-state index in [0.29, 0.717) is 23.5 Å². The van der Waals surface area contributed by atoms with E-state index in [0.717, 1.165) is 6.54 Å². The molecule has 0 unspecified atom stereocenters. The second kappa shape index (κ2) is 4.86. The van der Waals surface area contributed by atoms with Gasteiger partial charge in [0.15, 0.2) is 0 Å². The van der Waals surface area contributed by atoms with Crippen LogP contribution in [0.5, 0.6) is 0 Å². The van der Waals surface area contributed by atoms with E-state index in [1.807, 2.05) is 0 Å². The van der Waals surface area contributed by atoms with Crippen molar-refractivity contribution in [1.82, 2.24) is 0 Å². The van der Waals surface area contributed by atoms with Crippen molar-refractivity contribution < 1.29 is 9.18 Å². The van der Waals surface area contributed by atoms with Gasteiger partial charge in [0.1, 0.15) is 12.1 Å². The number of hydrogen-bond acceptors (Lipinski definition) is 2. The Labute approximate surface area is 101 Å². The molecule has 0 amide bonds. The quantitative estimate of drug-likeness (QED) is 0.730. The Balaban J connectivity index is 2.24. The van der Waals surface area contributed by atoms with Crippen molar-refractivity contribution in [3.05, 3.63) is 29.6 Å². The molecular formula is C14H18FNO. The number of nitrogens with zero attached hydrogens (tertiary/aromatic N) is 1. The lowest BCUT2D eigenvalue weighted by Gasteiger charge is -2.29. The molecule has 1 aromatic carbocycles. The zero-order valence-corrected chi connectivity index (χ0v) is 10.3. The molecule has 1 aliphatic rings. The highest BCUT2D eigenvalue weighted by atomic mass is 19.1. The Kier molecular flexibility index (Phi) is 3.46. The van der Waals surface area contributed by atoms with Gasteiger partial charge in [-0.2, -0.15) is 0 Å². The molecule has 0 aromatic heterocycles. The zero-order chi connectivity index (χ0) is 12.4. The largest absolute Gasteiger partial charge is 0.366 e. The highest BCUT2D eigenvalue weighted by Gasteiger charge is 2.26. The third-order valence-electron chi connectivity index (χ3n) is 3.19. The molecule has 0 atom stereocenters. The number of rotatable bonds is 5. The molecule has 0 saturated heterocycles. The van der Waals surface area contributed by atoms with Crippen LogP contribution in [0.4, 0.5) is 10.1 Å². The van der Waals surface area contributed by atoms with Gasteiger partial charge in [-0.15, -0.1) is 0 Å². The lowest BCUT2D eigenvalue weighted by Crippen LogP contribution is -2.33. The molecule has 92 valence electrons. The molecule has 1 aromatic rings. The summed E-state index contributed by atoms with van der Waals surface area (Å²) < 4.78 is 13.9. The van der Waals surface area contributed by atoms with Gasteiger partial charge >= 0.3 is 0 Å². The van der Waals surface area contributed by atoms with Gasteiger partial charge < -0.3 is 4.90 Å². The zero-order valence-electron chi connectivity index (χ0n) is 10.3. The van der Waals surface area contributed by atoms with Gasteiger partial charge in [-0.1, -0.05) is 0 Å². The predicted molar refractivity (Wildman–Crippen MR) is 67.0 cm³/mol. The number of carbonyl (C=O) groups excluding carboxylic acids is 1. The van der Waals surface area contributed by atoms with Gasteiger partial charge in [0.25, 0.3) is 0 Å². The van der Waals surface area contributed by atoms with Crippen molar-refractivity contribution in [2.45, 2.75) is 32.7 Å². The number of hydrogen-bond donors (Lipinski definition) is 0. The van der Waals surface area contributed by atoms with E-state index in [9.17, 15) is 9.18 Å². The minimum absolute atomic E-state index is 0.271. The molecule has 0 radical (unpaired) electrons. The summed E-state index contributed by atoms with van der Waals surface area (Å²) in [7, 11) is 0. The summed E-state index contributed by atoms with van der Waals surface area (Å²) in [5.74, 6) is 0.409. The standard InChI is InChI=1S/C14H18FNO/c1-10(2)16(8-11-3-4-11)14-6-5-12(9-17)7-13(14)15/h5-7,9-11H,3-4,8H2,1-2H3. The molecular weight excluding hydrogens is 217 g/mol. The van der Waals surface area contributed by atoms with Crippen LogP contribution >= 0.6 is 0 Å². The minimum atomic E-state index is -0.302. The summed E-state index contributed by atoms with van der Waals surface area (Å²) in [6.07, 6.45) is 3.17. The molecule has 17 heavy (non-hydrogen) atoms. The molecule has 0 heterocycles. The minimum Gasteiger partial charge on any atom is -0.366 e. The lowest BCUT2D eigenvalue weighted by molar-refractivity contribution is 0.112. The third kappa shape index (κ3) is 2.84. The second-order valence-corrected chi connectivity index (χ2v) is 5.02. The van der Waals surface area contributed by atoms with E-state index < -0.39 is 0 Å². The summed E-state index contributed by atoms with van der Waals surface area (Å²) in [5, 5.41) is 0. The molecule has 0 aliphatic heterocycles. The molecule has 1 fully saturated rings. The smallest absolute Gasteiger partial charge is 0.150 e. The van der Waals surface area contributed by atoms with Gasteiger partial charge in [-0.05, 0) is 50.8 Å². The molecule has 0 N–H and O–H groups in total. The van der Waals surface area contributed by atoms with Crippen LogP contribution in [0.15, 0.2) is 18.2 Å². The number of aldehydes is 1. The van der Waals surface area contributed by atoms with Crippen LogP contribution in [0.25, 0.3) is 0 Å². The summed E-state index contributed by atoms with van der Waals surface area (Å²) in [5.41, 5.74) is 0.999. The number of benzene rings is 1. The van der Waals surface area contributed by atoms with Crippen LogP contribution in [0, 0.1) is 11.7 Å². The Morgan fingerprint density at radius 3 is 2.65 bits per heavy atom. The Bertz CT molecular complexity index is 413. The topological polar surface area (TPSA) is 20.3 Å². The summed E-state index contributed by atoms with van der Waals surface area (Å²) in [6, 6.07) is 4.96. The van der Waals surface area contributed by atoms with E-state index in [1.165, 1.54) is 18.9 Å². The van der Waals surface area contributed by atoms with Crippen molar-refractivity contribution in [3.63, 3.8) is 0 Å². The maximum atomic E-state index is 13.9. The summed E-state index contributed by atoms with van der Waals surface area (Å²) in [4.78, 5) is 12.7. The molecule has 2 rings (SSSR count). The van der Waals surface area contributed by atoms with Crippen molar-refractivity contribution in [2.24, 2.45) is 5.92 Å². The van der Waals surface area contributed by atoms with Crippen LogP contribution in [0.3, 0.4) is 0 Å². The fourth-order valence-corrected chi connectivity index (χ4v) is 2.00. The van der Waals surface area contributed by atoms with Gasteiger partial charge in [0.2, 0.25) is 0 Å². The maximum Gasteiger partial charge on any atom is 0.150 e. The first kappa shape index (κ1) is 12.1. The Morgan fingerprint density at radius 1 is 1.47 bits per heavy atom. The number of halogens is 1. The molecule has 0 spiro atoms. The Morgan fingerprint density at radius 2 is 2.18 bits per heavy atom. The van der Waals surface area contributed by atoms with E-state index in [-0.39, 0.29) is 11.9 Å². The lowest BCUT2D eigenvalue weighted by atomic mass is 10.1. The first-order valence-corrected chi connectivity index (χ1v) is 6.13. The maximum absolute atomic E-state index is 13.9. The number of carbonyl (C=O) groups is 1. The Hall–Kier alpha value is -1.38. The van der Waals surface area contributed by atoms with Crippen LogP contribution in [0.1, 0.15) is 37.0 Å². The van der Waals surface area contributed by atoms with Crippen LogP contribution in [0.2, 0.25) is 0 Å². The normalized spacial score (nSPS) is 15.1. The van der Waals surface area contributed by atoms with Crippen LogP contribution in [-0.4, -0.2) is 18.9 Å². The van der Waals surface area contributed by atoms with E-state index in [4.69, 9.17) is 0 Å². The van der Waals surface area contributed by atoms with Gasteiger partial charge in [-0.25, -0.2) is 4.39 Å². The van der Waals surface area contributed by atoms with Crippen molar-refractivity contribution in [1.29, 1.82) is 0 Å². The van der Waals surface area contributed by atoms with E-state index in [1.54, 1.807) is 12.1 Å². The average molecular weight is 235 g/mol. The predicted octanol–water partition coefficient (Wildman–Crippen LogP) is 3.26. The number of anilines is 1. The highest BCUT2D eigenvalue weighted by molar-refractivity contribution is 5.76. The average Bonchev–Trinajstić information content (AvgIpc) is 3.10. The first-order chi connectivity index (χ1) is 8.11. The molecule has 1 saturated carbocycles. The summed E-state index contributed by atoms with van der Waals surface area (Å²) >= 11 is 0. The first-order valence-electron chi connectivity index (χ1n) is 6.13. The van der Waals surface area contributed by atoms with Crippen LogP contribution < -0.4 is 4.90 Å². The molecule has 2 nitrogen and oxygen atoms in total. The second-order valence-electron chi connectivity index (χ2n) is 5.02. The van der Waals surface area contributed by atoms with E-state index >= 15 is 0 Å². The molecule has 1 aliphatic carbocycles. The fourth-order valence-electron chi connectivity index (χ4n) is 2.00. The van der Waals surface area contributed by atoms with Crippen LogP contribution in [-0.2, 0) is 0 Å². The molecule has 3 heteroatoms. The van der Waals surface area contributed by atoms with Gasteiger partial charge in [-0.3, -0.25) is 4.79 Å². The van der Waals surface area contributed by atoms with Crippen molar-refractivity contribution in [2.75, 3.05) is 11.4 Å².